The van der Waals surface area contributed by atoms with E-state index in [4.69, 9.17) is 15.6 Å². The minimum Gasteiger partial charge on any atom is -0.440 e. The van der Waals surface area contributed by atoms with Crippen LogP contribution >= 0.6 is 11.8 Å². The molecule has 0 fully saturated rings. The second-order valence-corrected chi connectivity index (χ2v) is 4.34. The Balaban J connectivity index is 2.47. The predicted molar refractivity (Wildman–Crippen MR) is 63.1 cm³/mol. The summed E-state index contributed by atoms with van der Waals surface area (Å²) < 4.78 is 5.12. The Labute approximate surface area is 102 Å². The van der Waals surface area contributed by atoms with Crippen LogP contribution in [0.25, 0.3) is 0 Å². The SMILES string of the molecule is Cc1nnc(Sc2ncco2)c(C(=N)N)c1C. The van der Waals surface area contributed by atoms with Crippen molar-refractivity contribution in [1.29, 1.82) is 5.41 Å². The summed E-state index contributed by atoms with van der Waals surface area (Å²) in [7, 11) is 0. The number of oxazole rings is 1. The number of aryl methyl sites for hydroxylation is 1. The van der Waals surface area contributed by atoms with Crippen LogP contribution in [0, 0.1) is 19.3 Å². The van der Waals surface area contributed by atoms with E-state index >= 15 is 0 Å². The van der Waals surface area contributed by atoms with Crippen molar-refractivity contribution in [3.8, 4) is 0 Å². The monoisotopic (exact) mass is 249 g/mol. The van der Waals surface area contributed by atoms with Crippen LogP contribution < -0.4 is 5.73 Å². The van der Waals surface area contributed by atoms with Crippen LogP contribution in [0.15, 0.2) is 27.1 Å². The lowest BCUT2D eigenvalue weighted by molar-refractivity contribution is 0.453. The molecule has 0 atom stereocenters. The molecule has 2 rings (SSSR count). The molecule has 3 N–H and O–H groups in total. The van der Waals surface area contributed by atoms with Crippen LogP contribution in [0.3, 0.4) is 0 Å². The number of aromatic nitrogens is 3. The Kier molecular flexibility index (Phi) is 3.10. The minimum absolute atomic E-state index is 0.0328. The van der Waals surface area contributed by atoms with Crippen molar-refractivity contribution in [3.05, 3.63) is 29.3 Å². The van der Waals surface area contributed by atoms with Crippen molar-refractivity contribution in [1.82, 2.24) is 15.2 Å². The van der Waals surface area contributed by atoms with Crippen molar-refractivity contribution in [3.63, 3.8) is 0 Å². The average molecular weight is 249 g/mol. The molecule has 0 radical (unpaired) electrons. The van der Waals surface area contributed by atoms with E-state index in [1.807, 2.05) is 13.8 Å². The van der Waals surface area contributed by atoms with E-state index in [0.29, 0.717) is 15.8 Å². The Hall–Kier alpha value is -1.89. The second kappa shape index (κ2) is 4.54. The van der Waals surface area contributed by atoms with Gasteiger partial charge < -0.3 is 10.2 Å². The lowest BCUT2D eigenvalue weighted by atomic mass is 10.1. The first-order valence-corrected chi connectivity index (χ1v) is 5.67. The summed E-state index contributed by atoms with van der Waals surface area (Å²) in [6.45, 7) is 3.69. The molecule has 7 heteroatoms. The molecule has 0 saturated heterocycles. The summed E-state index contributed by atoms with van der Waals surface area (Å²) in [4.78, 5) is 3.98. The second-order valence-electron chi connectivity index (χ2n) is 3.40. The van der Waals surface area contributed by atoms with Crippen molar-refractivity contribution < 1.29 is 4.42 Å². The van der Waals surface area contributed by atoms with Gasteiger partial charge in [0.05, 0.1) is 17.5 Å². The first kappa shape index (κ1) is 11.6. The van der Waals surface area contributed by atoms with Gasteiger partial charge in [-0.05, 0) is 31.2 Å². The van der Waals surface area contributed by atoms with Crippen LogP contribution in [0.2, 0.25) is 0 Å². The Morgan fingerprint density at radius 2 is 2.18 bits per heavy atom. The molecule has 0 saturated carbocycles. The van der Waals surface area contributed by atoms with E-state index in [9.17, 15) is 0 Å². The standard InChI is InChI=1S/C10H11N5OS/c1-5-6(2)14-15-9(7(5)8(11)12)17-10-13-3-4-16-10/h3-4H,1-2H3,(H3,11,12). The molecule has 0 unspecified atom stereocenters. The highest BCUT2D eigenvalue weighted by atomic mass is 32.2. The topological polar surface area (TPSA) is 102 Å². The van der Waals surface area contributed by atoms with E-state index in [2.05, 4.69) is 15.2 Å². The zero-order valence-electron chi connectivity index (χ0n) is 9.39. The molecule has 0 aliphatic carbocycles. The Bertz CT molecular complexity index is 552. The van der Waals surface area contributed by atoms with Crippen molar-refractivity contribution in [2.24, 2.45) is 5.73 Å². The molecule has 0 amide bonds. The predicted octanol–water partition coefficient (Wildman–Crippen LogP) is 1.52. The molecule has 0 aliphatic rings. The number of nitrogens with zero attached hydrogens (tertiary/aromatic N) is 3. The first-order valence-electron chi connectivity index (χ1n) is 4.85. The van der Waals surface area contributed by atoms with Crippen molar-refractivity contribution in [2.75, 3.05) is 0 Å². The number of hydrogen-bond acceptors (Lipinski definition) is 6. The molecular weight excluding hydrogens is 238 g/mol. The molecule has 0 bridgehead atoms. The fourth-order valence-electron chi connectivity index (χ4n) is 1.32. The van der Waals surface area contributed by atoms with Crippen molar-refractivity contribution in [2.45, 2.75) is 24.1 Å². The molecule has 0 aliphatic heterocycles. The lowest BCUT2D eigenvalue weighted by Gasteiger charge is -2.09. The summed E-state index contributed by atoms with van der Waals surface area (Å²) in [5.74, 6) is -0.0328. The summed E-state index contributed by atoms with van der Waals surface area (Å²) in [6.07, 6.45) is 3.02. The normalized spacial score (nSPS) is 10.5. The zero-order chi connectivity index (χ0) is 12.4. The van der Waals surface area contributed by atoms with Crippen LogP contribution in [-0.4, -0.2) is 21.0 Å². The van der Waals surface area contributed by atoms with Crippen LogP contribution in [-0.2, 0) is 0 Å². The molecule has 0 aromatic carbocycles. The van der Waals surface area contributed by atoms with Gasteiger partial charge >= 0.3 is 0 Å². The summed E-state index contributed by atoms with van der Waals surface area (Å²) in [5.41, 5.74) is 7.75. The highest BCUT2D eigenvalue weighted by Gasteiger charge is 2.16. The number of amidine groups is 1. The molecule has 2 heterocycles. The van der Waals surface area contributed by atoms with Gasteiger partial charge in [0.1, 0.15) is 17.1 Å². The number of nitrogens with two attached hydrogens (primary N) is 1. The lowest BCUT2D eigenvalue weighted by Crippen LogP contribution is -2.16. The van der Waals surface area contributed by atoms with E-state index < -0.39 is 0 Å². The minimum atomic E-state index is -0.0328. The third-order valence-corrected chi connectivity index (χ3v) is 3.14. The maximum atomic E-state index is 7.59. The third-order valence-electron chi connectivity index (χ3n) is 2.29. The van der Waals surface area contributed by atoms with Crippen molar-refractivity contribution >= 4 is 17.6 Å². The summed E-state index contributed by atoms with van der Waals surface area (Å²) in [6, 6.07) is 0. The van der Waals surface area contributed by atoms with Crippen LogP contribution in [0.1, 0.15) is 16.8 Å². The smallest absolute Gasteiger partial charge is 0.262 e. The van der Waals surface area contributed by atoms with Gasteiger partial charge in [-0.15, -0.1) is 5.10 Å². The fourth-order valence-corrected chi connectivity index (χ4v) is 2.15. The number of nitrogen functional groups attached to an aromatic ring is 1. The zero-order valence-corrected chi connectivity index (χ0v) is 10.2. The average Bonchev–Trinajstić information content (AvgIpc) is 2.76. The molecule has 2 aromatic heterocycles. The molecule has 6 nitrogen and oxygen atoms in total. The fraction of sp³-hybridized carbons (Fsp3) is 0.200. The largest absolute Gasteiger partial charge is 0.440 e. The highest BCUT2D eigenvalue weighted by molar-refractivity contribution is 7.99. The number of hydrogen-bond donors (Lipinski definition) is 2. The van der Waals surface area contributed by atoms with E-state index in [1.54, 1.807) is 6.20 Å². The first-order chi connectivity index (χ1) is 8.09. The number of rotatable bonds is 3. The number of nitrogens with one attached hydrogen (secondary N) is 1. The molecule has 0 spiro atoms. The maximum absolute atomic E-state index is 7.59. The summed E-state index contributed by atoms with van der Waals surface area (Å²) in [5, 5.41) is 16.6. The van der Waals surface area contributed by atoms with E-state index in [-0.39, 0.29) is 5.84 Å². The van der Waals surface area contributed by atoms with Gasteiger partial charge in [0.25, 0.3) is 5.22 Å². The quantitative estimate of drug-likeness (QED) is 0.631. The highest BCUT2D eigenvalue weighted by Crippen LogP contribution is 2.28. The maximum Gasteiger partial charge on any atom is 0.262 e. The Morgan fingerprint density at radius 3 is 2.76 bits per heavy atom. The van der Waals surface area contributed by atoms with E-state index in [1.165, 1.54) is 18.0 Å². The van der Waals surface area contributed by atoms with E-state index in [0.717, 1.165) is 11.3 Å². The van der Waals surface area contributed by atoms with Gasteiger partial charge in [-0.3, -0.25) is 5.41 Å². The molecule has 88 valence electrons. The summed E-state index contributed by atoms with van der Waals surface area (Å²) >= 11 is 1.20. The van der Waals surface area contributed by atoms with Crippen LogP contribution in [0.5, 0.6) is 0 Å². The molecular formula is C10H11N5OS. The Morgan fingerprint density at radius 1 is 1.41 bits per heavy atom. The van der Waals surface area contributed by atoms with Gasteiger partial charge in [-0.25, -0.2) is 4.98 Å². The van der Waals surface area contributed by atoms with Gasteiger partial charge in [0, 0.05) is 0 Å². The van der Waals surface area contributed by atoms with Gasteiger partial charge in [0.2, 0.25) is 0 Å². The van der Waals surface area contributed by atoms with Gasteiger partial charge in [0.15, 0.2) is 0 Å². The molecule has 2 aromatic rings. The van der Waals surface area contributed by atoms with Gasteiger partial charge in [-0.1, -0.05) is 0 Å². The third kappa shape index (κ3) is 2.28. The molecule has 17 heavy (non-hydrogen) atoms. The van der Waals surface area contributed by atoms with Crippen LogP contribution in [0.4, 0.5) is 0 Å². The van der Waals surface area contributed by atoms with Gasteiger partial charge in [-0.2, -0.15) is 5.10 Å².